The molecule has 2 saturated carbocycles. The van der Waals surface area contributed by atoms with Crippen LogP contribution >= 0.6 is 0 Å². The fourth-order valence-corrected chi connectivity index (χ4v) is 4.90. The van der Waals surface area contributed by atoms with Gasteiger partial charge in [0.1, 0.15) is 0 Å². The van der Waals surface area contributed by atoms with Crippen molar-refractivity contribution < 1.29 is 0 Å². The maximum Gasteiger partial charge on any atom is 0.0223 e. The molecule has 3 unspecified atom stereocenters. The molecule has 2 aliphatic carbocycles. The van der Waals surface area contributed by atoms with Crippen LogP contribution in [-0.4, -0.2) is 36.6 Å². The highest BCUT2D eigenvalue weighted by Gasteiger charge is 2.31. The first kappa shape index (κ1) is 14.8. The molecule has 116 valence electrons. The lowest BCUT2D eigenvalue weighted by molar-refractivity contribution is 0.117. The van der Waals surface area contributed by atoms with Crippen LogP contribution in [0, 0.1) is 11.8 Å². The van der Waals surface area contributed by atoms with Crippen LogP contribution < -0.4 is 5.32 Å². The van der Waals surface area contributed by atoms with Gasteiger partial charge in [-0.25, -0.2) is 0 Å². The zero-order valence-corrected chi connectivity index (χ0v) is 13.4. The van der Waals surface area contributed by atoms with E-state index in [9.17, 15) is 0 Å². The Balaban J connectivity index is 1.59. The van der Waals surface area contributed by atoms with Crippen LogP contribution in [0.25, 0.3) is 0 Å². The van der Waals surface area contributed by atoms with E-state index in [0.717, 1.165) is 23.9 Å². The van der Waals surface area contributed by atoms with Crippen molar-refractivity contribution in [2.24, 2.45) is 11.8 Å². The van der Waals surface area contributed by atoms with Gasteiger partial charge in [-0.2, -0.15) is 0 Å². The molecule has 0 bridgehead atoms. The quantitative estimate of drug-likeness (QED) is 0.826. The average molecular weight is 278 g/mol. The minimum Gasteiger partial charge on any atom is -0.312 e. The number of rotatable bonds is 2. The van der Waals surface area contributed by atoms with Gasteiger partial charge in [0.15, 0.2) is 0 Å². The van der Waals surface area contributed by atoms with Crippen LogP contribution in [0.1, 0.15) is 71.1 Å². The predicted molar refractivity (Wildman–Crippen MR) is 86.0 cm³/mol. The summed E-state index contributed by atoms with van der Waals surface area (Å²) in [6.45, 7) is 6.39. The molecule has 3 aliphatic rings. The molecule has 2 heteroatoms. The summed E-state index contributed by atoms with van der Waals surface area (Å²) in [5, 5.41) is 3.89. The first-order valence-electron chi connectivity index (χ1n) is 9.30. The number of hydrogen-bond acceptors (Lipinski definition) is 2. The summed E-state index contributed by atoms with van der Waals surface area (Å²) < 4.78 is 0. The molecule has 20 heavy (non-hydrogen) atoms. The van der Waals surface area contributed by atoms with Crippen molar-refractivity contribution >= 4 is 0 Å². The molecule has 1 N–H and O–H groups in total. The van der Waals surface area contributed by atoms with Gasteiger partial charge in [-0.3, -0.25) is 4.90 Å². The fraction of sp³-hybridized carbons (Fsp3) is 1.00. The molecule has 0 radical (unpaired) electrons. The molecule has 0 aromatic rings. The zero-order valence-electron chi connectivity index (χ0n) is 13.4. The highest BCUT2D eigenvalue weighted by molar-refractivity contribution is 4.88. The molecule has 0 aromatic heterocycles. The molecule has 0 aromatic carbocycles. The van der Waals surface area contributed by atoms with Gasteiger partial charge in [-0.05, 0) is 57.0 Å². The maximum absolute atomic E-state index is 3.89. The normalized spacial score (nSPS) is 38.5. The molecule has 3 atom stereocenters. The van der Waals surface area contributed by atoms with E-state index >= 15 is 0 Å². The van der Waals surface area contributed by atoms with E-state index < -0.39 is 0 Å². The number of nitrogens with one attached hydrogen (secondary N) is 1. The minimum atomic E-state index is 0.787. The second kappa shape index (κ2) is 7.26. The third kappa shape index (κ3) is 3.76. The third-order valence-electron chi connectivity index (χ3n) is 6.10. The second-order valence-corrected chi connectivity index (χ2v) is 7.73. The standard InChI is InChI=1S/C18H34N2/c1-15-7-5-10-17(13-15)20-12-6-11-19-18(14-20)16-8-3-2-4-9-16/h15-19H,2-14H2,1H3. The molecule has 3 fully saturated rings. The first-order valence-corrected chi connectivity index (χ1v) is 9.30. The van der Waals surface area contributed by atoms with E-state index in [0.29, 0.717) is 0 Å². The highest BCUT2D eigenvalue weighted by Crippen LogP contribution is 2.31. The van der Waals surface area contributed by atoms with Crippen molar-refractivity contribution in [3.05, 3.63) is 0 Å². The highest BCUT2D eigenvalue weighted by atomic mass is 15.2. The van der Waals surface area contributed by atoms with Crippen molar-refractivity contribution in [1.82, 2.24) is 10.2 Å². The van der Waals surface area contributed by atoms with Gasteiger partial charge < -0.3 is 5.32 Å². The Bertz CT molecular complexity index is 285. The molecular weight excluding hydrogens is 244 g/mol. The lowest BCUT2D eigenvalue weighted by atomic mass is 9.82. The smallest absolute Gasteiger partial charge is 0.0223 e. The molecule has 3 rings (SSSR count). The minimum absolute atomic E-state index is 0.787. The maximum atomic E-state index is 3.89. The van der Waals surface area contributed by atoms with Crippen LogP contribution in [-0.2, 0) is 0 Å². The summed E-state index contributed by atoms with van der Waals surface area (Å²) in [6.07, 6.45) is 14.6. The van der Waals surface area contributed by atoms with Gasteiger partial charge in [0.25, 0.3) is 0 Å². The summed E-state index contributed by atoms with van der Waals surface area (Å²) >= 11 is 0. The Labute approximate surface area is 125 Å². The van der Waals surface area contributed by atoms with Gasteiger partial charge in [0, 0.05) is 18.6 Å². The first-order chi connectivity index (χ1) is 9.83. The van der Waals surface area contributed by atoms with E-state index in [-0.39, 0.29) is 0 Å². The Kier molecular flexibility index (Phi) is 5.39. The van der Waals surface area contributed by atoms with E-state index in [2.05, 4.69) is 17.1 Å². The van der Waals surface area contributed by atoms with E-state index in [1.54, 1.807) is 0 Å². The average Bonchev–Trinajstić information content (AvgIpc) is 2.74. The lowest BCUT2D eigenvalue weighted by Crippen LogP contribution is -2.47. The summed E-state index contributed by atoms with van der Waals surface area (Å²) in [7, 11) is 0. The number of nitrogens with zero attached hydrogens (tertiary/aromatic N) is 1. The van der Waals surface area contributed by atoms with Crippen LogP contribution in [0.5, 0.6) is 0 Å². The van der Waals surface area contributed by atoms with Crippen molar-refractivity contribution in [1.29, 1.82) is 0 Å². The lowest BCUT2D eigenvalue weighted by Gasteiger charge is -2.39. The molecule has 0 amide bonds. The summed E-state index contributed by atoms with van der Waals surface area (Å²) in [5.41, 5.74) is 0. The fourth-order valence-electron chi connectivity index (χ4n) is 4.90. The Morgan fingerprint density at radius 3 is 2.55 bits per heavy atom. The monoisotopic (exact) mass is 278 g/mol. The molecule has 0 spiro atoms. The Morgan fingerprint density at radius 2 is 1.75 bits per heavy atom. The van der Waals surface area contributed by atoms with E-state index in [1.807, 2.05) is 0 Å². The van der Waals surface area contributed by atoms with Gasteiger partial charge >= 0.3 is 0 Å². The van der Waals surface area contributed by atoms with Crippen LogP contribution in [0.3, 0.4) is 0 Å². The van der Waals surface area contributed by atoms with E-state index in [1.165, 1.54) is 83.8 Å². The third-order valence-corrected chi connectivity index (χ3v) is 6.10. The molecule has 1 heterocycles. The largest absolute Gasteiger partial charge is 0.312 e. The number of hydrogen-bond donors (Lipinski definition) is 1. The molecule has 1 aliphatic heterocycles. The van der Waals surface area contributed by atoms with Crippen LogP contribution in [0.15, 0.2) is 0 Å². The predicted octanol–water partition coefficient (Wildman–Crippen LogP) is 3.81. The Morgan fingerprint density at radius 1 is 0.900 bits per heavy atom. The van der Waals surface area contributed by atoms with Crippen LogP contribution in [0.4, 0.5) is 0 Å². The van der Waals surface area contributed by atoms with Crippen molar-refractivity contribution in [2.45, 2.75) is 83.2 Å². The second-order valence-electron chi connectivity index (χ2n) is 7.73. The van der Waals surface area contributed by atoms with E-state index in [4.69, 9.17) is 0 Å². The van der Waals surface area contributed by atoms with Crippen molar-refractivity contribution in [3.63, 3.8) is 0 Å². The molecular formula is C18H34N2. The zero-order chi connectivity index (χ0) is 13.8. The molecule has 1 saturated heterocycles. The topological polar surface area (TPSA) is 15.3 Å². The van der Waals surface area contributed by atoms with Gasteiger partial charge in [0.05, 0.1) is 0 Å². The van der Waals surface area contributed by atoms with Crippen molar-refractivity contribution in [3.8, 4) is 0 Å². The summed E-state index contributed by atoms with van der Waals surface area (Å²) in [6, 6.07) is 1.68. The van der Waals surface area contributed by atoms with Gasteiger partial charge in [-0.1, -0.05) is 39.0 Å². The van der Waals surface area contributed by atoms with Gasteiger partial charge in [0.2, 0.25) is 0 Å². The molecule has 2 nitrogen and oxygen atoms in total. The van der Waals surface area contributed by atoms with Crippen molar-refractivity contribution in [2.75, 3.05) is 19.6 Å². The van der Waals surface area contributed by atoms with Crippen LogP contribution in [0.2, 0.25) is 0 Å². The Hall–Kier alpha value is -0.0800. The summed E-state index contributed by atoms with van der Waals surface area (Å²) in [5.74, 6) is 1.92. The SMILES string of the molecule is CC1CCCC(N2CCCNC(C3CCCCC3)C2)C1. The van der Waals surface area contributed by atoms with Gasteiger partial charge in [-0.15, -0.1) is 0 Å². The summed E-state index contributed by atoms with van der Waals surface area (Å²) in [4.78, 5) is 2.87.